The van der Waals surface area contributed by atoms with Crippen molar-refractivity contribution in [3.05, 3.63) is 69.2 Å². The van der Waals surface area contributed by atoms with Crippen LogP contribution in [0.2, 0.25) is 0 Å². The summed E-state index contributed by atoms with van der Waals surface area (Å²) in [5, 5.41) is 16.0. The van der Waals surface area contributed by atoms with Crippen LogP contribution in [0.15, 0.2) is 52.7 Å². The van der Waals surface area contributed by atoms with E-state index in [1.165, 1.54) is 54.8 Å². The van der Waals surface area contributed by atoms with Crippen LogP contribution in [-0.2, 0) is 10.0 Å². The Balaban J connectivity index is 1.78. The smallest absolute Gasteiger partial charge is 0.271 e. The fourth-order valence-electron chi connectivity index (χ4n) is 2.66. The molecule has 1 aromatic heterocycles. The van der Waals surface area contributed by atoms with Gasteiger partial charge in [0.25, 0.3) is 21.6 Å². The quantitative estimate of drug-likeness (QED) is 0.366. The highest BCUT2D eigenvalue weighted by Crippen LogP contribution is 2.31. The molecular formula is C20H20N4O6S2. The van der Waals surface area contributed by atoms with Crippen LogP contribution in [0.4, 0.5) is 16.5 Å². The fraction of sp³-hybridized carbons (Fsp3) is 0.200. The van der Waals surface area contributed by atoms with Crippen LogP contribution in [0.1, 0.15) is 35.8 Å². The van der Waals surface area contributed by atoms with Gasteiger partial charge in [-0.05, 0) is 36.2 Å². The van der Waals surface area contributed by atoms with Crippen molar-refractivity contribution in [2.45, 2.75) is 24.7 Å². The minimum atomic E-state index is -4.09. The maximum absolute atomic E-state index is 12.7. The Morgan fingerprint density at radius 3 is 2.44 bits per heavy atom. The number of carbonyl (C=O) groups excluding carboxylic acids is 1. The average Bonchev–Trinajstić information content (AvgIpc) is 3.22. The van der Waals surface area contributed by atoms with Crippen molar-refractivity contribution < 1.29 is 22.9 Å². The minimum absolute atomic E-state index is 0.0757. The van der Waals surface area contributed by atoms with Gasteiger partial charge < -0.3 is 4.74 Å². The third-order valence-electron chi connectivity index (χ3n) is 4.40. The maximum atomic E-state index is 12.7. The number of thiazole rings is 1. The number of aromatic nitrogens is 1. The largest absolute Gasteiger partial charge is 0.495 e. The van der Waals surface area contributed by atoms with Crippen molar-refractivity contribution in [1.29, 1.82) is 0 Å². The molecule has 0 spiro atoms. The second-order valence-electron chi connectivity index (χ2n) is 6.96. The molecule has 3 rings (SSSR count). The second-order valence-corrected chi connectivity index (χ2v) is 9.50. The zero-order valence-electron chi connectivity index (χ0n) is 17.4. The first kappa shape index (κ1) is 23.2. The highest BCUT2D eigenvalue weighted by atomic mass is 32.2. The predicted octanol–water partition coefficient (Wildman–Crippen LogP) is 4.24. The summed E-state index contributed by atoms with van der Waals surface area (Å²) >= 11 is 1.31. The van der Waals surface area contributed by atoms with Crippen molar-refractivity contribution in [1.82, 2.24) is 4.98 Å². The third kappa shape index (κ3) is 5.21. The highest BCUT2D eigenvalue weighted by molar-refractivity contribution is 7.92. The molecule has 0 fully saturated rings. The number of anilines is 2. The van der Waals surface area contributed by atoms with Crippen LogP contribution in [0.5, 0.6) is 5.75 Å². The van der Waals surface area contributed by atoms with Gasteiger partial charge in [0.15, 0.2) is 5.13 Å². The van der Waals surface area contributed by atoms with E-state index in [2.05, 4.69) is 15.0 Å². The number of nitro groups is 1. The van der Waals surface area contributed by atoms with Crippen LogP contribution in [0.25, 0.3) is 0 Å². The van der Waals surface area contributed by atoms with E-state index in [-0.39, 0.29) is 33.5 Å². The number of ether oxygens (including phenoxy) is 1. The molecule has 10 nitrogen and oxygen atoms in total. The van der Waals surface area contributed by atoms with Crippen LogP contribution < -0.4 is 14.8 Å². The standard InChI is InChI=1S/C20H20N4O6S2/c1-12(2)17-11-31-20(21-17)22-19(25)13-4-7-15(8-5-13)32(28,29)23-16-10-14(24(26)27)6-9-18(16)30-3/h4-12,23H,1-3H3,(H,21,22,25). The summed E-state index contributed by atoms with van der Waals surface area (Å²) in [5.74, 6) is -0.0649. The lowest BCUT2D eigenvalue weighted by atomic mass is 10.2. The van der Waals surface area contributed by atoms with Crippen LogP contribution in [0.3, 0.4) is 0 Å². The number of carbonyl (C=O) groups is 1. The van der Waals surface area contributed by atoms with Crippen molar-refractivity contribution in [2.24, 2.45) is 0 Å². The molecule has 3 aromatic rings. The van der Waals surface area contributed by atoms with E-state index in [4.69, 9.17) is 4.74 Å². The number of nitrogens with zero attached hydrogens (tertiary/aromatic N) is 2. The molecule has 0 unspecified atom stereocenters. The molecule has 2 N–H and O–H groups in total. The number of amides is 1. The van der Waals surface area contributed by atoms with Gasteiger partial charge in [-0.25, -0.2) is 13.4 Å². The van der Waals surface area contributed by atoms with Gasteiger partial charge in [0, 0.05) is 23.1 Å². The number of nitrogens with one attached hydrogen (secondary N) is 2. The zero-order chi connectivity index (χ0) is 23.5. The van der Waals surface area contributed by atoms with E-state index < -0.39 is 20.9 Å². The Morgan fingerprint density at radius 1 is 1.19 bits per heavy atom. The molecule has 12 heteroatoms. The summed E-state index contributed by atoms with van der Waals surface area (Å²) in [7, 11) is -2.77. The molecule has 0 aliphatic carbocycles. The van der Waals surface area contributed by atoms with Gasteiger partial charge >= 0.3 is 0 Å². The first-order chi connectivity index (χ1) is 15.1. The molecule has 1 amide bonds. The van der Waals surface area contributed by atoms with Gasteiger partial charge in [0.2, 0.25) is 0 Å². The molecule has 32 heavy (non-hydrogen) atoms. The normalized spacial score (nSPS) is 11.2. The van der Waals surface area contributed by atoms with E-state index in [0.29, 0.717) is 5.13 Å². The molecule has 0 saturated heterocycles. The lowest BCUT2D eigenvalue weighted by Crippen LogP contribution is -2.15. The van der Waals surface area contributed by atoms with E-state index >= 15 is 0 Å². The Kier molecular flexibility index (Phi) is 6.75. The summed E-state index contributed by atoms with van der Waals surface area (Å²) in [6.07, 6.45) is 0. The molecule has 0 saturated carbocycles. The van der Waals surface area contributed by atoms with Crippen LogP contribution in [-0.4, -0.2) is 31.3 Å². The summed E-state index contributed by atoms with van der Waals surface area (Å²) in [5.41, 5.74) is 0.749. The van der Waals surface area contributed by atoms with Crippen molar-refractivity contribution >= 4 is 43.8 Å². The number of hydrogen-bond donors (Lipinski definition) is 2. The SMILES string of the molecule is COc1ccc([N+](=O)[O-])cc1NS(=O)(=O)c1ccc(C(=O)Nc2nc(C(C)C)cs2)cc1. The Hall–Kier alpha value is -3.51. The Bertz CT molecular complexity index is 1250. The van der Waals surface area contributed by atoms with Crippen molar-refractivity contribution in [2.75, 3.05) is 17.1 Å². The number of nitro benzene ring substituents is 1. The molecule has 0 aliphatic heterocycles. The summed E-state index contributed by atoms with van der Waals surface area (Å²) in [4.78, 5) is 27.0. The first-order valence-corrected chi connectivity index (χ1v) is 11.7. The van der Waals surface area contributed by atoms with Gasteiger partial charge in [0.1, 0.15) is 5.75 Å². The van der Waals surface area contributed by atoms with Gasteiger partial charge in [-0.15, -0.1) is 11.3 Å². The second kappa shape index (κ2) is 9.32. The number of benzene rings is 2. The number of methoxy groups -OCH3 is 1. The Labute approximate surface area is 188 Å². The van der Waals surface area contributed by atoms with Crippen molar-refractivity contribution in [3.63, 3.8) is 0 Å². The predicted molar refractivity (Wildman–Crippen MR) is 121 cm³/mol. The molecule has 1 heterocycles. The lowest BCUT2D eigenvalue weighted by Gasteiger charge is -2.12. The van der Waals surface area contributed by atoms with Gasteiger partial charge in [-0.3, -0.25) is 24.9 Å². The third-order valence-corrected chi connectivity index (χ3v) is 6.56. The molecule has 0 radical (unpaired) electrons. The van der Waals surface area contributed by atoms with Gasteiger partial charge in [0.05, 0.1) is 28.3 Å². The van der Waals surface area contributed by atoms with Crippen LogP contribution >= 0.6 is 11.3 Å². The summed E-state index contributed by atoms with van der Waals surface area (Å²) in [6.45, 7) is 3.99. The minimum Gasteiger partial charge on any atom is -0.495 e. The average molecular weight is 477 g/mol. The van der Waals surface area contributed by atoms with E-state index in [9.17, 15) is 23.3 Å². The molecule has 0 aliphatic rings. The fourth-order valence-corrected chi connectivity index (χ4v) is 4.58. The molecule has 0 bridgehead atoms. The van der Waals surface area contributed by atoms with E-state index in [1.807, 2.05) is 19.2 Å². The molecule has 2 aromatic carbocycles. The molecular weight excluding hydrogens is 456 g/mol. The van der Waals surface area contributed by atoms with Crippen LogP contribution in [0, 0.1) is 10.1 Å². The first-order valence-electron chi connectivity index (χ1n) is 9.33. The van der Waals surface area contributed by atoms with Gasteiger partial charge in [-0.2, -0.15) is 0 Å². The highest BCUT2D eigenvalue weighted by Gasteiger charge is 2.20. The Morgan fingerprint density at radius 2 is 1.88 bits per heavy atom. The zero-order valence-corrected chi connectivity index (χ0v) is 19.0. The number of non-ortho nitro benzene ring substituents is 1. The number of sulfonamides is 1. The topological polar surface area (TPSA) is 141 Å². The summed E-state index contributed by atoms with van der Waals surface area (Å²) < 4.78 is 32.9. The van der Waals surface area contributed by atoms with Gasteiger partial charge in [-0.1, -0.05) is 13.8 Å². The van der Waals surface area contributed by atoms with E-state index in [1.54, 1.807) is 0 Å². The molecule has 0 atom stereocenters. The van der Waals surface area contributed by atoms with E-state index in [0.717, 1.165) is 11.8 Å². The molecule has 168 valence electrons. The lowest BCUT2D eigenvalue weighted by molar-refractivity contribution is -0.384. The number of rotatable bonds is 8. The van der Waals surface area contributed by atoms with Crippen molar-refractivity contribution in [3.8, 4) is 5.75 Å². The summed E-state index contributed by atoms with van der Waals surface area (Å²) in [6, 6.07) is 8.84. The number of hydrogen-bond acceptors (Lipinski definition) is 8. The monoisotopic (exact) mass is 476 g/mol. The maximum Gasteiger partial charge on any atom is 0.271 e.